The van der Waals surface area contributed by atoms with Gasteiger partial charge in [-0.2, -0.15) is 0 Å². The van der Waals surface area contributed by atoms with Gasteiger partial charge in [-0.15, -0.1) is 0 Å². The van der Waals surface area contributed by atoms with Crippen LogP contribution in [0.3, 0.4) is 0 Å². The Labute approximate surface area is 129 Å². The number of nitrogens with two attached hydrogens (primary N) is 1. The number of amides is 2. The zero-order valence-electron chi connectivity index (χ0n) is 12.0. The third-order valence-corrected chi connectivity index (χ3v) is 3.62. The summed E-state index contributed by atoms with van der Waals surface area (Å²) in [7, 11) is 0. The molecule has 0 saturated carbocycles. The van der Waals surface area contributed by atoms with Crippen molar-refractivity contribution in [2.45, 2.75) is 20.3 Å². The van der Waals surface area contributed by atoms with E-state index in [0.717, 1.165) is 17.5 Å². The molecule has 110 valence electrons. The van der Waals surface area contributed by atoms with Crippen molar-refractivity contribution in [3.63, 3.8) is 0 Å². The summed E-state index contributed by atoms with van der Waals surface area (Å²) < 4.78 is 0. The predicted octanol–water partition coefficient (Wildman–Crippen LogP) is 4.44. The van der Waals surface area contributed by atoms with Crippen LogP contribution in [0.2, 0.25) is 5.02 Å². The first-order valence-electron chi connectivity index (χ1n) is 6.72. The van der Waals surface area contributed by atoms with Crippen LogP contribution in [0.1, 0.15) is 18.1 Å². The Morgan fingerprint density at radius 2 is 1.76 bits per heavy atom. The first-order chi connectivity index (χ1) is 9.99. The van der Waals surface area contributed by atoms with Gasteiger partial charge in [0.2, 0.25) is 0 Å². The molecule has 0 radical (unpaired) electrons. The van der Waals surface area contributed by atoms with Gasteiger partial charge < -0.3 is 16.4 Å². The summed E-state index contributed by atoms with van der Waals surface area (Å²) in [6.45, 7) is 3.94. The number of nitrogens with one attached hydrogen (secondary N) is 2. The Morgan fingerprint density at radius 3 is 2.33 bits per heavy atom. The SMILES string of the molecule is CCc1ccc(NC(=O)Nc2ccc(C)c(Cl)c2)cc1N. The number of carbonyl (C=O) groups excluding carboxylic acids is 1. The Morgan fingerprint density at radius 1 is 1.14 bits per heavy atom. The number of anilines is 3. The van der Waals surface area contributed by atoms with E-state index >= 15 is 0 Å². The Bertz CT molecular complexity index is 671. The number of benzene rings is 2. The van der Waals surface area contributed by atoms with E-state index in [0.29, 0.717) is 22.1 Å². The average Bonchev–Trinajstić information content (AvgIpc) is 2.43. The first kappa shape index (κ1) is 15.2. The summed E-state index contributed by atoms with van der Waals surface area (Å²) in [5.74, 6) is 0. The van der Waals surface area contributed by atoms with Gasteiger partial charge in [0.05, 0.1) is 0 Å². The molecule has 0 atom stereocenters. The fourth-order valence-corrected chi connectivity index (χ4v) is 2.14. The van der Waals surface area contributed by atoms with Crippen molar-refractivity contribution in [1.82, 2.24) is 0 Å². The first-order valence-corrected chi connectivity index (χ1v) is 7.10. The summed E-state index contributed by atoms with van der Waals surface area (Å²) >= 11 is 6.02. The van der Waals surface area contributed by atoms with E-state index in [9.17, 15) is 4.79 Å². The van der Waals surface area contributed by atoms with Crippen LogP contribution in [0, 0.1) is 6.92 Å². The van der Waals surface area contributed by atoms with E-state index < -0.39 is 0 Å². The molecule has 0 aliphatic carbocycles. The smallest absolute Gasteiger partial charge is 0.323 e. The number of halogens is 1. The van der Waals surface area contributed by atoms with Gasteiger partial charge in [-0.05, 0) is 48.7 Å². The average molecular weight is 304 g/mol. The normalized spacial score (nSPS) is 10.2. The van der Waals surface area contributed by atoms with Gasteiger partial charge in [0, 0.05) is 22.1 Å². The zero-order valence-corrected chi connectivity index (χ0v) is 12.8. The summed E-state index contributed by atoms with van der Waals surface area (Å²) in [6.07, 6.45) is 0.861. The van der Waals surface area contributed by atoms with Gasteiger partial charge >= 0.3 is 6.03 Å². The molecule has 0 spiro atoms. The maximum absolute atomic E-state index is 11.9. The van der Waals surface area contributed by atoms with Crippen LogP contribution in [0.15, 0.2) is 36.4 Å². The van der Waals surface area contributed by atoms with E-state index in [4.69, 9.17) is 17.3 Å². The molecule has 5 heteroatoms. The van der Waals surface area contributed by atoms with Crippen molar-refractivity contribution in [2.24, 2.45) is 0 Å². The molecule has 0 saturated heterocycles. The number of nitrogen functional groups attached to an aromatic ring is 1. The molecule has 0 heterocycles. The largest absolute Gasteiger partial charge is 0.398 e. The fraction of sp³-hybridized carbons (Fsp3) is 0.188. The number of aryl methyl sites for hydroxylation is 2. The van der Waals surface area contributed by atoms with Crippen molar-refractivity contribution >= 4 is 34.7 Å². The molecule has 0 aliphatic heterocycles. The zero-order chi connectivity index (χ0) is 15.4. The highest BCUT2D eigenvalue weighted by atomic mass is 35.5. The van der Waals surface area contributed by atoms with Crippen LogP contribution < -0.4 is 16.4 Å². The summed E-state index contributed by atoms with van der Waals surface area (Å²) in [4.78, 5) is 11.9. The van der Waals surface area contributed by atoms with Crippen molar-refractivity contribution < 1.29 is 4.79 Å². The summed E-state index contributed by atoms with van der Waals surface area (Å²) in [5, 5.41) is 6.09. The maximum atomic E-state index is 11.9. The third-order valence-electron chi connectivity index (χ3n) is 3.21. The quantitative estimate of drug-likeness (QED) is 0.734. The lowest BCUT2D eigenvalue weighted by atomic mass is 10.1. The molecule has 2 amide bonds. The molecule has 0 aliphatic rings. The predicted molar refractivity (Wildman–Crippen MR) is 89.1 cm³/mol. The minimum Gasteiger partial charge on any atom is -0.398 e. The van der Waals surface area contributed by atoms with Gasteiger partial charge in [0.25, 0.3) is 0 Å². The van der Waals surface area contributed by atoms with Crippen molar-refractivity contribution in [3.8, 4) is 0 Å². The number of hydrogen-bond donors (Lipinski definition) is 3. The number of rotatable bonds is 3. The van der Waals surface area contributed by atoms with Crippen molar-refractivity contribution in [3.05, 3.63) is 52.5 Å². The standard InChI is InChI=1S/C16H18ClN3O/c1-3-11-5-7-13(9-15(11)18)20-16(21)19-12-6-4-10(2)14(17)8-12/h4-9H,3,18H2,1-2H3,(H2,19,20,21). The van der Waals surface area contributed by atoms with Crippen molar-refractivity contribution in [1.29, 1.82) is 0 Å². The highest BCUT2D eigenvalue weighted by molar-refractivity contribution is 6.31. The lowest BCUT2D eigenvalue weighted by Crippen LogP contribution is -2.19. The van der Waals surface area contributed by atoms with Crippen LogP contribution in [-0.2, 0) is 6.42 Å². The molecule has 2 aromatic rings. The molecule has 0 aromatic heterocycles. The number of hydrogen-bond acceptors (Lipinski definition) is 2. The fourth-order valence-electron chi connectivity index (χ4n) is 1.96. The van der Waals surface area contributed by atoms with Crippen LogP contribution in [-0.4, -0.2) is 6.03 Å². The lowest BCUT2D eigenvalue weighted by Gasteiger charge is -2.10. The van der Waals surface area contributed by atoms with Crippen molar-refractivity contribution in [2.75, 3.05) is 16.4 Å². The minimum absolute atomic E-state index is 0.335. The highest BCUT2D eigenvalue weighted by Gasteiger charge is 2.05. The van der Waals surface area contributed by atoms with Gasteiger partial charge in [0.15, 0.2) is 0 Å². The minimum atomic E-state index is -0.335. The summed E-state index contributed by atoms with van der Waals surface area (Å²) in [5.41, 5.74) is 9.90. The second-order valence-corrected chi connectivity index (χ2v) is 5.22. The summed E-state index contributed by atoms with van der Waals surface area (Å²) in [6, 6.07) is 10.5. The van der Waals surface area contributed by atoms with E-state index in [-0.39, 0.29) is 6.03 Å². The third kappa shape index (κ3) is 3.89. The van der Waals surface area contributed by atoms with E-state index in [2.05, 4.69) is 10.6 Å². The van der Waals surface area contributed by atoms with Gasteiger partial charge in [-0.25, -0.2) is 4.79 Å². The van der Waals surface area contributed by atoms with E-state index in [1.165, 1.54) is 0 Å². The molecule has 4 N–H and O–H groups in total. The van der Waals surface area contributed by atoms with E-state index in [1.54, 1.807) is 18.2 Å². The van der Waals surface area contributed by atoms with Gasteiger partial charge in [-0.3, -0.25) is 0 Å². The molecule has 21 heavy (non-hydrogen) atoms. The van der Waals surface area contributed by atoms with E-state index in [1.807, 2.05) is 32.0 Å². The van der Waals surface area contributed by atoms with Crippen LogP contribution in [0.5, 0.6) is 0 Å². The number of urea groups is 1. The second-order valence-electron chi connectivity index (χ2n) is 4.81. The Kier molecular flexibility index (Phi) is 4.70. The van der Waals surface area contributed by atoms with Crippen LogP contribution in [0.25, 0.3) is 0 Å². The lowest BCUT2D eigenvalue weighted by molar-refractivity contribution is 0.262. The molecule has 0 unspecified atom stereocenters. The molecule has 0 bridgehead atoms. The maximum Gasteiger partial charge on any atom is 0.323 e. The second kappa shape index (κ2) is 6.50. The van der Waals surface area contributed by atoms with Gasteiger partial charge in [0.1, 0.15) is 0 Å². The topological polar surface area (TPSA) is 67.2 Å². The van der Waals surface area contributed by atoms with Crippen LogP contribution in [0.4, 0.5) is 21.9 Å². The van der Waals surface area contributed by atoms with Gasteiger partial charge in [-0.1, -0.05) is 30.7 Å². The molecule has 2 rings (SSSR count). The molecule has 0 fully saturated rings. The molecule has 4 nitrogen and oxygen atoms in total. The Balaban J connectivity index is 2.04. The van der Waals surface area contributed by atoms with Crippen LogP contribution >= 0.6 is 11.6 Å². The molecule has 2 aromatic carbocycles. The molecular formula is C16H18ClN3O. The monoisotopic (exact) mass is 303 g/mol. The number of carbonyl (C=O) groups is 1. The molecular weight excluding hydrogens is 286 g/mol. The highest BCUT2D eigenvalue weighted by Crippen LogP contribution is 2.21. The Hall–Kier alpha value is -2.20.